The summed E-state index contributed by atoms with van der Waals surface area (Å²) in [4.78, 5) is 10.4. The molecule has 0 aromatic heterocycles. The van der Waals surface area contributed by atoms with Gasteiger partial charge >= 0.3 is 5.97 Å². The lowest BCUT2D eigenvalue weighted by molar-refractivity contribution is -0.137. The van der Waals surface area contributed by atoms with Crippen molar-refractivity contribution < 1.29 is 15.0 Å². The normalized spacial score (nSPS) is 13.6. The molecule has 0 fully saturated rings. The van der Waals surface area contributed by atoms with Gasteiger partial charge in [-0.1, -0.05) is 74.8 Å². The number of rotatable bonds is 17. The average Bonchev–Trinajstić information content (AvgIpc) is 2.63. The molecule has 0 heterocycles. The van der Waals surface area contributed by atoms with Gasteiger partial charge in [0.1, 0.15) is 0 Å². The number of hydrogen-bond acceptors (Lipinski definition) is 2. The van der Waals surface area contributed by atoms with Crippen LogP contribution >= 0.6 is 0 Å². The van der Waals surface area contributed by atoms with Crippen molar-refractivity contribution >= 4 is 5.97 Å². The van der Waals surface area contributed by atoms with Crippen LogP contribution < -0.4 is 0 Å². The molecule has 1 atom stereocenters. The predicted octanol–water partition coefficient (Wildman–Crippen LogP) is 6.22. The minimum Gasteiger partial charge on any atom is -0.481 e. The molecule has 3 nitrogen and oxygen atoms in total. The number of carbonyl (C=O) groups is 1. The Kier molecular flexibility index (Phi) is 18.5. The number of aliphatic hydroxyl groups excluding tert-OH is 1. The van der Waals surface area contributed by atoms with Gasteiger partial charge in [-0.15, -0.1) is 0 Å². The molecule has 0 saturated heterocycles. The molecule has 0 amide bonds. The quantitative estimate of drug-likeness (QED) is 0.183. The monoisotopic (exact) mass is 362 g/mol. The molecule has 0 rings (SSSR count). The zero-order valence-electron chi connectivity index (χ0n) is 16.5. The molecule has 0 aromatic carbocycles. The Morgan fingerprint density at radius 2 is 1.62 bits per heavy atom. The van der Waals surface area contributed by atoms with E-state index in [1.54, 1.807) is 0 Å². The Balaban J connectivity index is 3.72. The lowest BCUT2D eigenvalue weighted by atomic mass is 10.1. The molecular formula is C23H38O3. The molecule has 0 radical (unpaired) electrons. The smallest absolute Gasteiger partial charge is 0.303 e. The molecule has 148 valence electrons. The van der Waals surface area contributed by atoms with E-state index in [4.69, 9.17) is 5.11 Å². The second kappa shape index (κ2) is 19.7. The van der Waals surface area contributed by atoms with Gasteiger partial charge in [0.15, 0.2) is 0 Å². The summed E-state index contributed by atoms with van der Waals surface area (Å²) in [5, 5.41) is 18.0. The van der Waals surface area contributed by atoms with Crippen molar-refractivity contribution in [3.05, 3.63) is 48.6 Å². The van der Waals surface area contributed by atoms with E-state index in [1.165, 1.54) is 19.3 Å². The van der Waals surface area contributed by atoms with Gasteiger partial charge in [0.05, 0.1) is 0 Å². The number of carboxylic acids is 1. The number of aliphatic carboxylic acids is 1. The maximum absolute atomic E-state index is 10.4. The van der Waals surface area contributed by atoms with Crippen LogP contribution in [-0.4, -0.2) is 22.8 Å². The van der Waals surface area contributed by atoms with Gasteiger partial charge in [-0.3, -0.25) is 4.79 Å². The fourth-order valence-corrected chi connectivity index (χ4v) is 2.50. The summed E-state index contributed by atoms with van der Waals surface area (Å²) < 4.78 is 0. The summed E-state index contributed by atoms with van der Waals surface area (Å²) in [6, 6.07) is 0. The van der Waals surface area contributed by atoms with E-state index in [-0.39, 0.29) is 18.9 Å². The Morgan fingerprint density at radius 3 is 2.35 bits per heavy atom. The van der Waals surface area contributed by atoms with Crippen molar-refractivity contribution in [2.24, 2.45) is 5.92 Å². The van der Waals surface area contributed by atoms with Crippen LogP contribution in [0.15, 0.2) is 48.6 Å². The summed E-state index contributed by atoms with van der Waals surface area (Å²) in [5.41, 5.74) is 0. The highest BCUT2D eigenvalue weighted by Crippen LogP contribution is 2.07. The van der Waals surface area contributed by atoms with Crippen molar-refractivity contribution in [2.45, 2.75) is 77.6 Å². The van der Waals surface area contributed by atoms with E-state index < -0.39 is 5.97 Å². The predicted molar refractivity (Wildman–Crippen MR) is 111 cm³/mol. The van der Waals surface area contributed by atoms with Crippen LogP contribution in [0.5, 0.6) is 0 Å². The second-order valence-corrected chi connectivity index (χ2v) is 6.66. The molecule has 0 saturated carbocycles. The number of unbranched alkanes of at least 4 members (excludes halogenated alkanes) is 6. The van der Waals surface area contributed by atoms with E-state index in [0.29, 0.717) is 0 Å². The standard InChI is InChI=1S/C23H38O3/c1-2-3-4-5-9-12-15-18-22(21-24)19-16-13-10-7-6-8-11-14-17-20-23(25)26/h6-7,9,12-13,15-16,18,22,24H,2-5,8,10-11,14,17,19-21H2,1H3,(H,25,26)/b7-6-,12-9-,16-13-,18-15+. The molecule has 0 aliphatic heterocycles. The molecule has 0 aromatic rings. The van der Waals surface area contributed by atoms with Gasteiger partial charge in [0.2, 0.25) is 0 Å². The van der Waals surface area contributed by atoms with Gasteiger partial charge in [0.25, 0.3) is 0 Å². The summed E-state index contributed by atoms with van der Waals surface area (Å²) >= 11 is 0. The molecule has 0 aliphatic rings. The lowest BCUT2D eigenvalue weighted by Gasteiger charge is -2.04. The maximum atomic E-state index is 10.4. The van der Waals surface area contributed by atoms with Crippen molar-refractivity contribution in [1.29, 1.82) is 0 Å². The van der Waals surface area contributed by atoms with Gasteiger partial charge in [-0.25, -0.2) is 0 Å². The fraction of sp³-hybridized carbons (Fsp3) is 0.609. The molecule has 0 spiro atoms. The zero-order chi connectivity index (χ0) is 19.3. The first-order valence-corrected chi connectivity index (χ1v) is 10.2. The Hall–Kier alpha value is -1.61. The van der Waals surface area contributed by atoms with Crippen LogP contribution in [0.3, 0.4) is 0 Å². The highest BCUT2D eigenvalue weighted by Gasteiger charge is 1.98. The van der Waals surface area contributed by atoms with Crippen LogP contribution in [0.1, 0.15) is 77.6 Å². The molecule has 3 heteroatoms. The number of aliphatic hydroxyl groups is 1. The van der Waals surface area contributed by atoms with E-state index >= 15 is 0 Å². The second-order valence-electron chi connectivity index (χ2n) is 6.66. The van der Waals surface area contributed by atoms with Crippen molar-refractivity contribution in [3.63, 3.8) is 0 Å². The summed E-state index contributed by atoms with van der Waals surface area (Å²) in [7, 11) is 0. The number of allylic oxidation sites excluding steroid dienone is 7. The van der Waals surface area contributed by atoms with Crippen molar-refractivity contribution in [1.82, 2.24) is 0 Å². The SMILES string of the molecule is CCCCC/C=C\C=C\C(CO)C/C=C\C/C=C\CCCCCC(=O)O. The first-order valence-electron chi connectivity index (χ1n) is 10.2. The summed E-state index contributed by atoms with van der Waals surface area (Å²) in [6.07, 6.45) is 27.8. The third-order valence-electron chi connectivity index (χ3n) is 4.15. The molecule has 0 bridgehead atoms. The van der Waals surface area contributed by atoms with Gasteiger partial charge < -0.3 is 10.2 Å². The minimum atomic E-state index is -0.704. The van der Waals surface area contributed by atoms with Crippen LogP contribution in [-0.2, 0) is 4.79 Å². The number of carboxylic acid groups (broad SMARTS) is 1. The van der Waals surface area contributed by atoms with Crippen LogP contribution in [0, 0.1) is 5.92 Å². The average molecular weight is 363 g/mol. The van der Waals surface area contributed by atoms with Crippen molar-refractivity contribution in [3.8, 4) is 0 Å². The van der Waals surface area contributed by atoms with Gasteiger partial charge in [-0.2, -0.15) is 0 Å². The molecular weight excluding hydrogens is 324 g/mol. The fourth-order valence-electron chi connectivity index (χ4n) is 2.50. The van der Waals surface area contributed by atoms with Crippen LogP contribution in [0.2, 0.25) is 0 Å². The zero-order valence-corrected chi connectivity index (χ0v) is 16.5. The molecule has 2 N–H and O–H groups in total. The Labute approximate surface area is 160 Å². The molecule has 0 aliphatic carbocycles. The van der Waals surface area contributed by atoms with E-state index in [2.05, 4.69) is 49.5 Å². The minimum absolute atomic E-state index is 0.177. The molecule has 1 unspecified atom stereocenters. The number of hydrogen-bond donors (Lipinski definition) is 2. The highest BCUT2D eigenvalue weighted by molar-refractivity contribution is 5.66. The van der Waals surface area contributed by atoms with Crippen molar-refractivity contribution in [2.75, 3.05) is 6.61 Å². The maximum Gasteiger partial charge on any atom is 0.303 e. The van der Waals surface area contributed by atoms with Crippen LogP contribution in [0.4, 0.5) is 0 Å². The van der Waals surface area contributed by atoms with Crippen LogP contribution in [0.25, 0.3) is 0 Å². The highest BCUT2D eigenvalue weighted by atomic mass is 16.4. The topological polar surface area (TPSA) is 57.5 Å². The first kappa shape index (κ1) is 24.4. The van der Waals surface area contributed by atoms with Gasteiger partial charge in [-0.05, 0) is 44.9 Å². The lowest BCUT2D eigenvalue weighted by Crippen LogP contribution is -2.00. The summed E-state index contributed by atoms with van der Waals surface area (Å²) in [5.74, 6) is -0.519. The molecule has 26 heavy (non-hydrogen) atoms. The summed E-state index contributed by atoms with van der Waals surface area (Å²) in [6.45, 7) is 2.39. The van der Waals surface area contributed by atoms with E-state index in [9.17, 15) is 9.90 Å². The Morgan fingerprint density at radius 1 is 0.885 bits per heavy atom. The largest absolute Gasteiger partial charge is 0.481 e. The Bertz CT molecular complexity index is 433. The third-order valence-corrected chi connectivity index (χ3v) is 4.15. The van der Waals surface area contributed by atoms with E-state index in [1.807, 2.05) is 6.08 Å². The first-order chi connectivity index (χ1) is 12.7. The third kappa shape index (κ3) is 18.7. The van der Waals surface area contributed by atoms with Gasteiger partial charge in [0, 0.05) is 18.9 Å². The van der Waals surface area contributed by atoms with E-state index in [0.717, 1.165) is 44.9 Å².